The van der Waals surface area contributed by atoms with Gasteiger partial charge in [0.05, 0.1) is 6.61 Å². The summed E-state index contributed by atoms with van der Waals surface area (Å²) < 4.78 is 14.9. The molecule has 0 atom stereocenters. The second kappa shape index (κ2) is 11.2. The van der Waals surface area contributed by atoms with Crippen LogP contribution in [0.5, 0.6) is 0 Å². The maximum atomic E-state index is 5.35. The summed E-state index contributed by atoms with van der Waals surface area (Å²) in [5.74, 6) is 0. The molecule has 4 heteroatoms. The highest BCUT2D eigenvalue weighted by Gasteiger charge is 1.95. The second-order valence-electron chi connectivity index (χ2n) is 2.74. The van der Waals surface area contributed by atoms with Crippen LogP contribution in [0.1, 0.15) is 32.4 Å². The molecule has 15 heavy (non-hydrogen) atoms. The van der Waals surface area contributed by atoms with Gasteiger partial charge in [-0.15, -0.1) is 0 Å². The minimum absolute atomic E-state index is 0.531. The largest absolute Gasteiger partial charge is 0.385 e. The SMILES string of the molecule is CC.COCCCCOCc1ccon1. The van der Waals surface area contributed by atoms with E-state index in [-0.39, 0.29) is 0 Å². The molecule has 1 aromatic heterocycles. The fourth-order valence-corrected chi connectivity index (χ4v) is 0.939. The predicted octanol–water partition coefficient (Wildman–Crippen LogP) is 2.64. The number of unbranched alkanes of at least 4 members (excludes halogenated alkanes) is 1. The molecule has 0 unspecified atom stereocenters. The van der Waals surface area contributed by atoms with Crippen molar-refractivity contribution in [1.82, 2.24) is 5.16 Å². The van der Waals surface area contributed by atoms with E-state index in [0.29, 0.717) is 6.61 Å². The van der Waals surface area contributed by atoms with Crippen LogP contribution in [-0.4, -0.2) is 25.5 Å². The van der Waals surface area contributed by atoms with Gasteiger partial charge in [0, 0.05) is 26.4 Å². The van der Waals surface area contributed by atoms with Crippen molar-refractivity contribution in [1.29, 1.82) is 0 Å². The van der Waals surface area contributed by atoms with E-state index in [1.54, 1.807) is 19.4 Å². The van der Waals surface area contributed by atoms with Crippen molar-refractivity contribution < 1.29 is 14.0 Å². The summed E-state index contributed by atoms with van der Waals surface area (Å²) in [4.78, 5) is 0. The summed E-state index contributed by atoms with van der Waals surface area (Å²) in [6.07, 6.45) is 3.60. The van der Waals surface area contributed by atoms with Crippen molar-refractivity contribution >= 4 is 0 Å². The smallest absolute Gasteiger partial charge is 0.124 e. The van der Waals surface area contributed by atoms with E-state index >= 15 is 0 Å². The third kappa shape index (κ3) is 8.15. The molecule has 0 bridgehead atoms. The Morgan fingerprint density at radius 1 is 1.27 bits per heavy atom. The Bertz CT molecular complexity index is 200. The molecule has 1 heterocycles. The fourth-order valence-electron chi connectivity index (χ4n) is 0.939. The van der Waals surface area contributed by atoms with Crippen molar-refractivity contribution in [2.24, 2.45) is 0 Å². The maximum absolute atomic E-state index is 5.35. The zero-order valence-electron chi connectivity index (χ0n) is 9.86. The molecule has 0 saturated carbocycles. The normalized spacial score (nSPS) is 9.53. The second-order valence-corrected chi connectivity index (χ2v) is 2.74. The molecule has 0 aliphatic carbocycles. The first-order valence-electron chi connectivity index (χ1n) is 5.39. The van der Waals surface area contributed by atoms with Crippen LogP contribution in [0.3, 0.4) is 0 Å². The molecule has 0 amide bonds. The van der Waals surface area contributed by atoms with Crippen LogP contribution in [-0.2, 0) is 16.1 Å². The van der Waals surface area contributed by atoms with Gasteiger partial charge in [-0.05, 0) is 12.8 Å². The van der Waals surface area contributed by atoms with Gasteiger partial charge in [0.1, 0.15) is 12.0 Å². The fraction of sp³-hybridized carbons (Fsp3) is 0.727. The summed E-state index contributed by atoms with van der Waals surface area (Å²) in [5.41, 5.74) is 0.840. The van der Waals surface area contributed by atoms with Crippen LogP contribution < -0.4 is 0 Å². The Morgan fingerprint density at radius 2 is 2.00 bits per heavy atom. The molecule has 88 valence electrons. The van der Waals surface area contributed by atoms with Gasteiger partial charge in [0.15, 0.2) is 0 Å². The molecule has 0 saturated heterocycles. The van der Waals surface area contributed by atoms with Crippen molar-refractivity contribution in [3.8, 4) is 0 Å². The Balaban J connectivity index is 0.000000921. The van der Waals surface area contributed by atoms with Crippen LogP contribution in [0.25, 0.3) is 0 Å². The van der Waals surface area contributed by atoms with Crippen molar-refractivity contribution in [3.05, 3.63) is 18.0 Å². The lowest BCUT2D eigenvalue weighted by molar-refractivity contribution is 0.103. The molecule has 0 aliphatic heterocycles. The number of rotatable bonds is 7. The van der Waals surface area contributed by atoms with Gasteiger partial charge in [0.2, 0.25) is 0 Å². The number of hydrogen-bond donors (Lipinski definition) is 0. The standard InChI is InChI=1S/C9H15NO3.C2H6/c1-11-5-2-3-6-12-8-9-4-7-13-10-9;1-2/h4,7H,2-3,5-6,8H2,1H3;1-2H3. The molecule has 0 spiro atoms. The summed E-state index contributed by atoms with van der Waals surface area (Å²) in [6, 6.07) is 1.80. The molecule has 0 aliphatic rings. The molecule has 0 radical (unpaired) electrons. The third-order valence-electron chi connectivity index (χ3n) is 1.63. The lowest BCUT2D eigenvalue weighted by Crippen LogP contribution is -1.97. The summed E-state index contributed by atoms with van der Waals surface area (Å²) in [6.45, 7) is 6.08. The minimum atomic E-state index is 0.531. The maximum Gasteiger partial charge on any atom is 0.124 e. The topological polar surface area (TPSA) is 44.5 Å². The number of ether oxygens (including phenoxy) is 2. The first kappa shape index (κ1) is 14.1. The first-order valence-corrected chi connectivity index (χ1v) is 5.39. The van der Waals surface area contributed by atoms with E-state index in [1.807, 2.05) is 13.8 Å². The van der Waals surface area contributed by atoms with E-state index in [1.165, 1.54) is 0 Å². The monoisotopic (exact) mass is 215 g/mol. The number of hydrogen-bond acceptors (Lipinski definition) is 4. The number of nitrogens with zero attached hydrogens (tertiary/aromatic N) is 1. The summed E-state index contributed by atoms with van der Waals surface area (Å²) >= 11 is 0. The van der Waals surface area contributed by atoms with Gasteiger partial charge >= 0.3 is 0 Å². The highest BCUT2D eigenvalue weighted by molar-refractivity contribution is 4.92. The van der Waals surface area contributed by atoms with Gasteiger partial charge in [0.25, 0.3) is 0 Å². The number of methoxy groups -OCH3 is 1. The Labute approximate surface area is 91.5 Å². The molecule has 0 N–H and O–H groups in total. The van der Waals surface area contributed by atoms with E-state index in [2.05, 4.69) is 9.68 Å². The molecule has 0 aromatic carbocycles. The van der Waals surface area contributed by atoms with E-state index < -0.39 is 0 Å². The molecule has 1 rings (SSSR count). The van der Waals surface area contributed by atoms with Crippen LogP contribution in [0.2, 0.25) is 0 Å². The Morgan fingerprint density at radius 3 is 2.60 bits per heavy atom. The minimum Gasteiger partial charge on any atom is -0.385 e. The molecular formula is C11H21NO3. The van der Waals surface area contributed by atoms with Gasteiger partial charge in [-0.1, -0.05) is 19.0 Å². The van der Waals surface area contributed by atoms with Crippen LogP contribution in [0.15, 0.2) is 16.9 Å². The van der Waals surface area contributed by atoms with Crippen molar-refractivity contribution in [3.63, 3.8) is 0 Å². The van der Waals surface area contributed by atoms with Crippen LogP contribution in [0, 0.1) is 0 Å². The lowest BCUT2D eigenvalue weighted by atomic mass is 10.3. The van der Waals surface area contributed by atoms with Crippen molar-refractivity contribution in [2.75, 3.05) is 20.3 Å². The summed E-state index contributed by atoms with van der Waals surface area (Å²) in [7, 11) is 1.70. The zero-order chi connectivity index (χ0) is 11.4. The van der Waals surface area contributed by atoms with E-state index in [0.717, 1.165) is 31.7 Å². The molecular weight excluding hydrogens is 194 g/mol. The quantitative estimate of drug-likeness (QED) is 0.656. The van der Waals surface area contributed by atoms with Gasteiger partial charge < -0.3 is 14.0 Å². The first-order chi connectivity index (χ1) is 7.43. The molecule has 1 aromatic rings. The number of aromatic nitrogens is 1. The predicted molar refractivity (Wildman–Crippen MR) is 58.6 cm³/mol. The third-order valence-corrected chi connectivity index (χ3v) is 1.63. The lowest BCUT2D eigenvalue weighted by Gasteiger charge is -2.00. The molecule has 0 fully saturated rings. The highest BCUT2D eigenvalue weighted by atomic mass is 16.5. The highest BCUT2D eigenvalue weighted by Crippen LogP contribution is 1.98. The van der Waals surface area contributed by atoms with Crippen LogP contribution in [0.4, 0.5) is 0 Å². The Kier molecular flexibility index (Phi) is 10.6. The van der Waals surface area contributed by atoms with E-state index in [9.17, 15) is 0 Å². The average molecular weight is 215 g/mol. The van der Waals surface area contributed by atoms with Gasteiger partial charge in [-0.25, -0.2) is 0 Å². The zero-order valence-corrected chi connectivity index (χ0v) is 9.86. The van der Waals surface area contributed by atoms with Crippen LogP contribution >= 0.6 is 0 Å². The summed E-state index contributed by atoms with van der Waals surface area (Å²) in [5, 5.41) is 3.73. The Hall–Kier alpha value is -0.870. The van der Waals surface area contributed by atoms with Crippen molar-refractivity contribution in [2.45, 2.75) is 33.3 Å². The van der Waals surface area contributed by atoms with E-state index in [4.69, 9.17) is 9.47 Å². The van der Waals surface area contributed by atoms with Gasteiger partial charge in [-0.2, -0.15) is 0 Å². The molecule has 4 nitrogen and oxygen atoms in total. The average Bonchev–Trinajstić information content (AvgIpc) is 2.79. The van der Waals surface area contributed by atoms with Gasteiger partial charge in [-0.3, -0.25) is 0 Å².